The number of amides is 2. The van der Waals surface area contributed by atoms with Crippen LogP contribution in [0, 0.1) is 0 Å². The van der Waals surface area contributed by atoms with E-state index in [4.69, 9.17) is 0 Å². The maximum atomic E-state index is 12.5. The molecule has 0 radical (unpaired) electrons. The molecule has 1 saturated heterocycles. The second-order valence-corrected chi connectivity index (χ2v) is 9.05. The first-order valence-corrected chi connectivity index (χ1v) is 10.8. The maximum Gasteiger partial charge on any atom is 0.261 e. The molecule has 0 bridgehead atoms. The number of carbonyl (C=O) groups is 2. The number of hydrogen-bond acceptors (Lipinski definition) is 4. The summed E-state index contributed by atoms with van der Waals surface area (Å²) < 4.78 is 28.3. The Labute approximate surface area is 166 Å². The van der Waals surface area contributed by atoms with Gasteiger partial charge in [0.05, 0.1) is 10.3 Å². The van der Waals surface area contributed by atoms with E-state index in [0.717, 1.165) is 10.0 Å². The molecule has 1 aliphatic heterocycles. The van der Waals surface area contributed by atoms with Crippen molar-refractivity contribution in [3.05, 3.63) is 58.6 Å². The summed E-state index contributed by atoms with van der Waals surface area (Å²) in [5.41, 5.74) is 0.401. The van der Waals surface area contributed by atoms with Crippen molar-refractivity contribution < 1.29 is 18.0 Å². The zero-order valence-corrected chi connectivity index (χ0v) is 17.1. The molecule has 6 nitrogen and oxygen atoms in total. The van der Waals surface area contributed by atoms with E-state index >= 15 is 0 Å². The van der Waals surface area contributed by atoms with Crippen molar-refractivity contribution in [2.45, 2.75) is 36.5 Å². The van der Waals surface area contributed by atoms with Crippen LogP contribution in [0.4, 0.5) is 5.69 Å². The molecule has 1 fully saturated rings. The van der Waals surface area contributed by atoms with Crippen molar-refractivity contribution in [3.8, 4) is 0 Å². The number of rotatable bonds is 5. The van der Waals surface area contributed by atoms with Crippen LogP contribution in [0.3, 0.4) is 0 Å². The van der Waals surface area contributed by atoms with Gasteiger partial charge in [-0.2, -0.15) is 0 Å². The molecular formula is C19H19BrN2O4S. The Morgan fingerprint density at radius 2 is 1.70 bits per heavy atom. The highest BCUT2D eigenvalue weighted by molar-refractivity contribution is 9.10. The van der Waals surface area contributed by atoms with Crippen molar-refractivity contribution in [2.24, 2.45) is 0 Å². The molecule has 2 aromatic carbocycles. The van der Waals surface area contributed by atoms with Gasteiger partial charge in [0, 0.05) is 16.6 Å². The van der Waals surface area contributed by atoms with Gasteiger partial charge in [-0.1, -0.05) is 35.0 Å². The number of sulfonamides is 1. The number of imide groups is 1. The van der Waals surface area contributed by atoms with E-state index in [-0.39, 0.29) is 23.1 Å². The molecule has 27 heavy (non-hydrogen) atoms. The number of anilines is 1. The lowest BCUT2D eigenvalue weighted by atomic mass is 9.72. The monoisotopic (exact) mass is 450 g/mol. The molecule has 0 aromatic heterocycles. The summed E-state index contributed by atoms with van der Waals surface area (Å²) >= 11 is 3.28. The van der Waals surface area contributed by atoms with E-state index in [1.54, 1.807) is 36.4 Å². The highest BCUT2D eigenvalue weighted by atomic mass is 79.9. The van der Waals surface area contributed by atoms with Crippen molar-refractivity contribution in [2.75, 3.05) is 4.72 Å². The van der Waals surface area contributed by atoms with Crippen molar-refractivity contribution >= 4 is 43.5 Å². The van der Waals surface area contributed by atoms with Gasteiger partial charge in [-0.05, 0) is 54.8 Å². The van der Waals surface area contributed by atoms with Gasteiger partial charge in [-0.15, -0.1) is 0 Å². The number of nitrogens with one attached hydrogen (secondary N) is 2. The summed E-state index contributed by atoms with van der Waals surface area (Å²) in [7, 11) is -3.70. The number of benzene rings is 2. The van der Waals surface area contributed by atoms with Crippen LogP contribution in [0.15, 0.2) is 57.9 Å². The van der Waals surface area contributed by atoms with E-state index in [2.05, 4.69) is 26.0 Å². The number of hydrogen-bond donors (Lipinski definition) is 2. The zero-order chi connectivity index (χ0) is 19.7. The Morgan fingerprint density at radius 1 is 1.07 bits per heavy atom. The zero-order valence-electron chi connectivity index (χ0n) is 14.7. The average molecular weight is 451 g/mol. The highest BCUT2D eigenvalue weighted by Crippen LogP contribution is 2.36. The topological polar surface area (TPSA) is 92.3 Å². The van der Waals surface area contributed by atoms with Gasteiger partial charge in [0.2, 0.25) is 11.8 Å². The van der Waals surface area contributed by atoms with Crippen LogP contribution >= 0.6 is 15.9 Å². The molecule has 8 heteroatoms. The molecule has 2 amide bonds. The fourth-order valence-corrected chi connectivity index (χ4v) is 4.57. The lowest BCUT2D eigenvalue weighted by molar-refractivity contribution is -0.138. The lowest BCUT2D eigenvalue weighted by Crippen LogP contribution is -2.51. The summed E-state index contributed by atoms with van der Waals surface area (Å²) in [5, 5.41) is 2.41. The highest BCUT2D eigenvalue weighted by Gasteiger charge is 2.42. The summed E-state index contributed by atoms with van der Waals surface area (Å²) in [5.74, 6) is -0.563. The lowest BCUT2D eigenvalue weighted by Gasteiger charge is -2.35. The standard InChI is InChI=1S/C19H19BrN2O4S/c1-2-19(12-11-17(23)21-18(19)24)13-3-7-15(8-4-13)22-27(25,26)16-9-5-14(20)6-10-16/h3-10,22H,2,11-12H2,1H3,(H,21,23,24)/t19-/m0/s1. The van der Waals surface area contributed by atoms with Gasteiger partial charge in [-0.3, -0.25) is 19.6 Å². The predicted molar refractivity (Wildman–Crippen MR) is 106 cm³/mol. The van der Waals surface area contributed by atoms with E-state index in [0.29, 0.717) is 18.5 Å². The van der Waals surface area contributed by atoms with Crippen LogP contribution < -0.4 is 10.0 Å². The van der Waals surface area contributed by atoms with E-state index in [1.165, 1.54) is 12.1 Å². The molecule has 0 saturated carbocycles. The molecule has 2 aromatic rings. The predicted octanol–water partition coefficient (Wildman–Crippen LogP) is 3.33. The minimum atomic E-state index is -3.70. The molecule has 1 aliphatic rings. The Bertz CT molecular complexity index is 972. The number of piperidine rings is 1. The normalized spacial score (nSPS) is 20.2. The molecule has 1 atom stereocenters. The molecule has 142 valence electrons. The smallest absolute Gasteiger partial charge is 0.261 e. The maximum absolute atomic E-state index is 12.5. The molecule has 0 spiro atoms. The number of halogens is 1. The van der Waals surface area contributed by atoms with Gasteiger partial charge < -0.3 is 0 Å². The summed E-state index contributed by atoms with van der Waals surface area (Å²) in [6.07, 6.45) is 1.28. The van der Waals surface area contributed by atoms with Crippen molar-refractivity contribution in [1.82, 2.24) is 5.32 Å². The average Bonchev–Trinajstić information content (AvgIpc) is 2.63. The summed E-state index contributed by atoms with van der Waals surface area (Å²) in [6, 6.07) is 13.1. The van der Waals surface area contributed by atoms with Crippen LogP contribution in [0.25, 0.3) is 0 Å². The molecule has 1 heterocycles. The van der Waals surface area contributed by atoms with Gasteiger partial charge in [0.1, 0.15) is 0 Å². The van der Waals surface area contributed by atoms with E-state index in [1.807, 2.05) is 6.92 Å². The van der Waals surface area contributed by atoms with Crippen molar-refractivity contribution in [3.63, 3.8) is 0 Å². The van der Waals surface area contributed by atoms with Crippen molar-refractivity contribution in [1.29, 1.82) is 0 Å². The first kappa shape index (κ1) is 19.6. The molecule has 0 unspecified atom stereocenters. The molecule has 3 rings (SSSR count). The largest absolute Gasteiger partial charge is 0.296 e. The van der Waals surface area contributed by atoms with Crippen LogP contribution in [-0.4, -0.2) is 20.2 Å². The SMILES string of the molecule is CC[C@@]1(c2ccc(NS(=O)(=O)c3ccc(Br)cc3)cc2)CCC(=O)NC1=O. The minimum Gasteiger partial charge on any atom is -0.296 e. The van der Waals surface area contributed by atoms with Gasteiger partial charge in [0.25, 0.3) is 10.0 Å². The van der Waals surface area contributed by atoms with Crippen LogP contribution in [-0.2, 0) is 25.0 Å². The van der Waals surface area contributed by atoms with Crippen LogP contribution in [0.5, 0.6) is 0 Å². The Kier molecular flexibility index (Phi) is 5.39. The second kappa shape index (κ2) is 7.44. The Balaban J connectivity index is 1.84. The summed E-state index contributed by atoms with van der Waals surface area (Å²) in [6.45, 7) is 1.90. The Hall–Kier alpha value is -2.19. The molecule has 0 aliphatic carbocycles. The third-order valence-corrected chi connectivity index (χ3v) is 6.81. The third kappa shape index (κ3) is 3.91. The van der Waals surface area contributed by atoms with Gasteiger partial charge in [-0.25, -0.2) is 8.42 Å². The van der Waals surface area contributed by atoms with Crippen LogP contribution in [0.2, 0.25) is 0 Å². The quantitative estimate of drug-likeness (QED) is 0.683. The molecule has 2 N–H and O–H groups in total. The fraction of sp³-hybridized carbons (Fsp3) is 0.263. The van der Waals surface area contributed by atoms with Gasteiger partial charge in [0.15, 0.2) is 0 Å². The second-order valence-electron chi connectivity index (χ2n) is 6.45. The first-order chi connectivity index (χ1) is 12.8. The number of carbonyl (C=O) groups excluding carboxylic acids is 2. The minimum absolute atomic E-state index is 0.157. The van der Waals surface area contributed by atoms with Gasteiger partial charge >= 0.3 is 0 Å². The Morgan fingerprint density at radius 3 is 2.26 bits per heavy atom. The van der Waals surface area contributed by atoms with Crippen LogP contribution in [0.1, 0.15) is 31.7 Å². The third-order valence-electron chi connectivity index (χ3n) is 4.88. The molecular weight excluding hydrogens is 432 g/mol. The van der Waals surface area contributed by atoms with E-state index < -0.39 is 15.4 Å². The first-order valence-electron chi connectivity index (χ1n) is 8.50. The summed E-state index contributed by atoms with van der Waals surface area (Å²) in [4.78, 5) is 24.1. The van der Waals surface area contributed by atoms with E-state index in [9.17, 15) is 18.0 Å². The fourth-order valence-electron chi connectivity index (χ4n) is 3.25.